The fourth-order valence-electron chi connectivity index (χ4n) is 3.34. The number of hydrogen-bond donors (Lipinski definition) is 1. The molecule has 1 N–H and O–H groups in total. The van der Waals surface area contributed by atoms with Gasteiger partial charge in [0.1, 0.15) is 0 Å². The molecule has 1 aromatic heterocycles. The Morgan fingerprint density at radius 1 is 1.50 bits per heavy atom. The van der Waals surface area contributed by atoms with Gasteiger partial charge in [0.2, 0.25) is 0 Å². The first-order chi connectivity index (χ1) is 9.35. The minimum atomic E-state index is -0.684. The number of aryl methyl sites for hydroxylation is 1. The molecule has 1 fully saturated rings. The monoisotopic (exact) mass is 278 g/mol. The van der Waals surface area contributed by atoms with Crippen molar-refractivity contribution in [2.75, 3.05) is 0 Å². The summed E-state index contributed by atoms with van der Waals surface area (Å²) in [4.78, 5) is 11.5. The van der Waals surface area contributed by atoms with Crippen LogP contribution in [0.25, 0.3) is 0 Å². The molecule has 0 aliphatic heterocycles. The molecule has 4 heteroatoms. The zero-order valence-electron chi connectivity index (χ0n) is 13.0. The van der Waals surface area contributed by atoms with Gasteiger partial charge >= 0.3 is 5.97 Å². The first kappa shape index (κ1) is 15.1. The second kappa shape index (κ2) is 5.58. The second-order valence-electron chi connectivity index (χ2n) is 6.80. The average Bonchev–Trinajstić information content (AvgIpc) is 2.84. The van der Waals surface area contributed by atoms with Gasteiger partial charge in [-0.3, -0.25) is 9.48 Å². The maximum absolute atomic E-state index is 11.5. The van der Waals surface area contributed by atoms with E-state index in [-0.39, 0.29) is 17.4 Å². The molecule has 0 bridgehead atoms. The highest BCUT2D eigenvalue weighted by atomic mass is 16.4. The zero-order chi connectivity index (χ0) is 14.9. The Morgan fingerprint density at radius 2 is 2.20 bits per heavy atom. The molecule has 112 valence electrons. The molecule has 3 atom stereocenters. The fraction of sp³-hybridized carbons (Fsp3) is 0.750. The van der Waals surface area contributed by atoms with Gasteiger partial charge in [-0.15, -0.1) is 0 Å². The summed E-state index contributed by atoms with van der Waals surface area (Å²) < 4.78 is 1.88. The summed E-state index contributed by atoms with van der Waals surface area (Å²) >= 11 is 0. The minimum Gasteiger partial charge on any atom is -0.481 e. The molecule has 3 unspecified atom stereocenters. The van der Waals surface area contributed by atoms with Gasteiger partial charge in [-0.1, -0.05) is 27.2 Å². The Balaban J connectivity index is 2.25. The molecule has 1 aliphatic rings. The number of aromatic nitrogens is 2. The van der Waals surface area contributed by atoms with Crippen molar-refractivity contribution >= 4 is 5.97 Å². The maximum atomic E-state index is 11.5. The summed E-state index contributed by atoms with van der Waals surface area (Å²) in [6, 6.07) is 1.94. The van der Waals surface area contributed by atoms with Crippen LogP contribution in [0.4, 0.5) is 0 Å². The third-order valence-electron chi connectivity index (χ3n) is 5.23. The minimum absolute atomic E-state index is 0.00854. The van der Waals surface area contributed by atoms with E-state index in [4.69, 9.17) is 0 Å². The smallest absolute Gasteiger partial charge is 0.308 e. The van der Waals surface area contributed by atoms with Crippen LogP contribution in [0.2, 0.25) is 0 Å². The predicted molar refractivity (Wildman–Crippen MR) is 78.5 cm³/mol. The van der Waals surface area contributed by atoms with Crippen LogP contribution in [0.1, 0.15) is 58.2 Å². The summed E-state index contributed by atoms with van der Waals surface area (Å²) in [5.74, 6) is -0.424. The summed E-state index contributed by atoms with van der Waals surface area (Å²) in [5.41, 5.74) is 1.22. The van der Waals surface area contributed by atoms with Crippen molar-refractivity contribution in [3.8, 4) is 0 Å². The molecule has 0 spiro atoms. The van der Waals surface area contributed by atoms with E-state index in [0.717, 1.165) is 31.4 Å². The first-order valence-corrected chi connectivity index (χ1v) is 7.59. The SMILES string of the molecule is CCC(C)(C)C1CCC(C(=O)O)C(n2ccc(C)n2)C1. The lowest BCUT2D eigenvalue weighted by molar-refractivity contribution is -0.145. The van der Waals surface area contributed by atoms with Crippen LogP contribution < -0.4 is 0 Å². The molecule has 4 nitrogen and oxygen atoms in total. The van der Waals surface area contributed by atoms with Crippen molar-refractivity contribution in [3.05, 3.63) is 18.0 Å². The van der Waals surface area contributed by atoms with Gasteiger partial charge in [0.15, 0.2) is 0 Å². The van der Waals surface area contributed by atoms with Gasteiger partial charge in [0.25, 0.3) is 0 Å². The lowest BCUT2D eigenvalue weighted by Gasteiger charge is -2.41. The molecule has 0 amide bonds. The van der Waals surface area contributed by atoms with Gasteiger partial charge < -0.3 is 5.11 Å². The molecule has 2 rings (SSSR count). The molecule has 1 aliphatic carbocycles. The van der Waals surface area contributed by atoms with Crippen molar-refractivity contribution in [1.82, 2.24) is 9.78 Å². The second-order valence-corrected chi connectivity index (χ2v) is 6.80. The standard InChI is InChI=1S/C16H26N2O2/c1-5-16(3,4)12-6-7-13(15(19)20)14(10-12)18-9-8-11(2)17-18/h8-9,12-14H,5-7,10H2,1-4H3,(H,19,20). The van der Waals surface area contributed by atoms with E-state index in [2.05, 4.69) is 25.9 Å². The largest absolute Gasteiger partial charge is 0.481 e. The Hall–Kier alpha value is -1.32. The number of aliphatic carboxylic acids is 1. The molecular weight excluding hydrogens is 252 g/mol. The van der Waals surface area contributed by atoms with Crippen LogP contribution in [-0.2, 0) is 4.79 Å². The number of nitrogens with zero attached hydrogens (tertiary/aromatic N) is 2. The quantitative estimate of drug-likeness (QED) is 0.914. The highest BCUT2D eigenvalue weighted by Gasteiger charge is 2.41. The Bertz CT molecular complexity index is 479. The molecule has 0 aromatic carbocycles. The molecule has 1 aromatic rings. The van der Waals surface area contributed by atoms with Gasteiger partial charge in [-0.25, -0.2) is 0 Å². The van der Waals surface area contributed by atoms with Crippen LogP contribution in [0, 0.1) is 24.2 Å². The summed E-state index contributed by atoms with van der Waals surface area (Å²) in [6.07, 6.45) is 5.73. The van der Waals surface area contributed by atoms with Crippen molar-refractivity contribution in [2.24, 2.45) is 17.3 Å². The number of hydrogen-bond acceptors (Lipinski definition) is 2. The highest BCUT2D eigenvalue weighted by molar-refractivity contribution is 5.70. The van der Waals surface area contributed by atoms with E-state index in [9.17, 15) is 9.90 Å². The number of carboxylic acids is 1. The van der Waals surface area contributed by atoms with Gasteiger partial charge in [-0.05, 0) is 43.6 Å². The van der Waals surface area contributed by atoms with Gasteiger partial charge in [0.05, 0.1) is 17.7 Å². The topological polar surface area (TPSA) is 55.1 Å². The van der Waals surface area contributed by atoms with E-state index < -0.39 is 5.97 Å². The van der Waals surface area contributed by atoms with Crippen LogP contribution >= 0.6 is 0 Å². The zero-order valence-corrected chi connectivity index (χ0v) is 13.0. The third-order valence-corrected chi connectivity index (χ3v) is 5.23. The van der Waals surface area contributed by atoms with E-state index in [1.54, 1.807) is 0 Å². The van der Waals surface area contributed by atoms with Crippen molar-refractivity contribution in [1.29, 1.82) is 0 Å². The molecule has 1 heterocycles. The Labute approximate surface area is 121 Å². The Kier molecular flexibility index (Phi) is 4.21. The van der Waals surface area contributed by atoms with E-state index in [0.29, 0.717) is 5.92 Å². The summed E-state index contributed by atoms with van der Waals surface area (Å²) in [7, 11) is 0. The molecular formula is C16H26N2O2. The van der Waals surface area contributed by atoms with E-state index in [1.807, 2.05) is 23.9 Å². The van der Waals surface area contributed by atoms with Crippen molar-refractivity contribution < 1.29 is 9.90 Å². The van der Waals surface area contributed by atoms with E-state index >= 15 is 0 Å². The van der Waals surface area contributed by atoms with Gasteiger partial charge in [0, 0.05) is 6.20 Å². The van der Waals surface area contributed by atoms with Crippen LogP contribution in [0.15, 0.2) is 12.3 Å². The van der Waals surface area contributed by atoms with Crippen LogP contribution in [-0.4, -0.2) is 20.9 Å². The molecule has 1 saturated carbocycles. The third kappa shape index (κ3) is 2.89. The summed E-state index contributed by atoms with van der Waals surface area (Å²) in [5, 5.41) is 13.9. The fourth-order valence-corrected chi connectivity index (χ4v) is 3.34. The average molecular weight is 278 g/mol. The Morgan fingerprint density at radius 3 is 2.70 bits per heavy atom. The van der Waals surface area contributed by atoms with Crippen molar-refractivity contribution in [3.63, 3.8) is 0 Å². The molecule has 0 saturated heterocycles. The molecule has 20 heavy (non-hydrogen) atoms. The van der Waals surface area contributed by atoms with Gasteiger partial charge in [-0.2, -0.15) is 5.10 Å². The van der Waals surface area contributed by atoms with Crippen LogP contribution in [0.5, 0.6) is 0 Å². The normalized spacial score (nSPS) is 27.5. The predicted octanol–water partition coefficient (Wildman–Crippen LogP) is 3.67. The number of carbonyl (C=O) groups is 1. The number of rotatable bonds is 4. The number of carboxylic acid groups (broad SMARTS) is 1. The molecule has 0 radical (unpaired) electrons. The maximum Gasteiger partial charge on any atom is 0.308 e. The summed E-state index contributed by atoms with van der Waals surface area (Å²) in [6.45, 7) is 8.76. The lowest BCUT2D eigenvalue weighted by atomic mass is 9.66. The van der Waals surface area contributed by atoms with Crippen LogP contribution in [0.3, 0.4) is 0 Å². The van der Waals surface area contributed by atoms with E-state index in [1.165, 1.54) is 0 Å². The first-order valence-electron chi connectivity index (χ1n) is 7.59. The lowest BCUT2D eigenvalue weighted by Crippen LogP contribution is -2.37. The van der Waals surface area contributed by atoms with Crippen molar-refractivity contribution in [2.45, 2.75) is 59.4 Å². The highest BCUT2D eigenvalue weighted by Crippen LogP contribution is 2.46.